The van der Waals surface area contributed by atoms with Crippen molar-refractivity contribution in [1.82, 2.24) is 0 Å². The smallest absolute Gasteiger partial charge is 0.339 e. The molecule has 4 nitrogen and oxygen atoms in total. The van der Waals surface area contributed by atoms with Gasteiger partial charge in [0.1, 0.15) is 6.61 Å². The van der Waals surface area contributed by atoms with E-state index in [2.05, 4.69) is 4.74 Å². The molecule has 0 saturated carbocycles. The van der Waals surface area contributed by atoms with Gasteiger partial charge in [0.05, 0.1) is 0 Å². The van der Waals surface area contributed by atoms with Crippen molar-refractivity contribution in [3.05, 3.63) is 29.1 Å². The third-order valence-electron chi connectivity index (χ3n) is 2.13. The minimum absolute atomic E-state index is 0.724. The summed E-state index contributed by atoms with van der Waals surface area (Å²) >= 11 is 0. The first-order chi connectivity index (χ1) is 8.59. The van der Waals surface area contributed by atoms with Crippen LogP contribution in [0.25, 0.3) is 0 Å². The normalized spacial score (nSPS) is 14.1. The predicted octanol–water partition coefficient (Wildman–Crippen LogP) is 1.60. The zero-order chi connectivity index (χ0) is 15.0. The lowest BCUT2D eigenvalue weighted by Crippen LogP contribution is -2.41. The van der Waals surface area contributed by atoms with Crippen molar-refractivity contribution in [3.63, 3.8) is 0 Å². The molecule has 2 N–H and O–H groups in total. The van der Waals surface area contributed by atoms with Crippen LogP contribution in [-0.4, -0.2) is 28.4 Å². The molecule has 1 unspecified atom stereocenters. The van der Waals surface area contributed by atoms with Gasteiger partial charge in [0.2, 0.25) is 29.1 Å². The lowest BCUT2D eigenvalue weighted by Gasteiger charge is -2.19. The van der Waals surface area contributed by atoms with Gasteiger partial charge in [0, 0.05) is 0 Å². The lowest BCUT2D eigenvalue weighted by atomic mass is 10.1. The number of aliphatic hydroxyl groups is 1. The molecule has 0 aliphatic carbocycles. The van der Waals surface area contributed by atoms with Gasteiger partial charge in [-0.15, -0.1) is 0 Å². The molecule has 1 aromatic carbocycles. The fraction of sp³-hybridized carbons (Fsp3) is 0.300. The topological polar surface area (TPSA) is 66.8 Å². The van der Waals surface area contributed by atoms with Crippen molar-refractivity contribution >= 4 is 5.97 Å². The molecule has 0 spiro atoms. The summed E-state index contributed by atoms with van der Waals surface area (Å²) in [4.78, 5) is 10.5. The van der Waals surface area contributed by atoms with Gasteiger partial charge < -0.3 is 14.9 Å². The fourth-order valence-electron chi connectivity index (χ4n) is 0.986. The van der Waals surface area contributed by atoms with Crippen molar-refractivity contribution in [1.29, 1.82) is 0 Å². The van der Waals surface area contributed by atoms with Crippen molar-refractivity contribution in [3.8, 4) is 5.75 Å². The Hall–Kier alpha value is -1.90. The van der Waals surface area contributed by atoms with E-state index in [0.717, 1.165) is 6.92 Å². The zero-order valence-electron chi connectivity index (χ0n) is 9.31. The zero-order valence-corrected chi connectivity index (χ0v) is 9.31. The molecule has 0 bridgehead atoms. The standard InChI is InChI=1S/C10H7F5O4/c1-10(18,9(16)17)2-19-8-6(14)4(12)3(11)5(13)7(8)15/h18H,2H2,1H3,(H,16,17). The van der Waals surface area contributed by atoms with Crippen LogP contribution in [0.4, 0.5) is 22.0 Å². The molecule has 1 rings (SSSR count). The molecule has 0 saturated heterocycles. The molecule has 19 heavy (non-hydrogen) atoms. The maximum absolute atomic E-state index is 13.1. The van der Waals surface area contributed by atoms with E-state index in [1.165, 1.54) is 0 Å². The van der Waals surface area contributed by atoms with Crippen molar-refractivity contribution in [2.75, 3.05) is 6.61 Å². The summed E-state index contributed by atoms with van der Waals surface area (Å²) in [7, 11) is 0. The van der Waals surface area contributed by atoms with E-state index in [4.69, 9.17) is 5.11 Å². The van der Waals surface area contributed by atoms with Gasteiger partial charge >= 0.3 is 5.97 Å². The third kappa shape index (κ3) is 2.75. The third-order valence-corrected chi connectivity index (χ3v) is 2.13. The van der Waals surface area contributed by atoms with Gasteiger partial charge in [0.15, 0.2) is 11.4 Å². The highest BCUT2D eigenvalue weighted by Crippen LogP contribution is 2.29. The Kier molecular flexibility index (Phi) is 3.99. The van der Waals surface area contributed by atoms with Gasteiger partial charge in [-0.2, -0.15) is 8.78 Å². The van der Waals surface area contributed by atoms with E-state index in [9.17, 15) is 31.9 Å². The van der Waals surface area contributed by atoms with Gasteiger partial charge in [0.25, 0.3) is 0 Å². The number of carboxylic acids is 1. The SMILES string of the molecule is CC(O)(COc1c(F)c(F)c(F)c(F)c1F)C(=O)O. The van der Waals surface area contributed by atoms with E-state index in [1.807, 2.05) is 0 Å². The number of hydrogen-bond acceptors (Lipinski definition) is 3. The van der Waals surface area contributed by atoms with Crippen LogP contribution in [0.5, 0.6) is 5.75 Å². The fourth-order valence-corrected chi connectivity index (χ4v) is 0.986. The summed E-state index contributed by atoms with van der Waals surface area (Å²) in [6.07, 6.45) is 0. The predicted molar refractivity (Wildman–Crippen MR) is 50.0 cm³/mol. The van der Waals surface area contributed by atoms with E-state index in [1.54, 1.807) is 0 Å². The number of ether oxygens (including phenoxy) is 1. The second-order valence-corrected chi connectivity index (χ2v) is 3.77. The molecule has 9 heteroatoms. The van der Waals surface area contributed by atoms with E-state index in [-0.39, 0.29) is 0 Å². The van der Waals surface area contributed by atoms with Crippen LogP contribution in [0.1, 0.15) is 6.92 Å². The summed E-state index contributed by atoms with van der Waals surface area (Å²) in [6.45, 7) is -0.484. The average molecular weight is 286 g/mol. The lowest BCUT2D eigenvalue weighted by molar-refractivity contribution is -0.159. The van der Waals surface area contributed by atoms with Crippen molar-refractivity contribution < 1.29 is 41.7 Å². The summed E-state index contributed by atoms with van der Waals surface area (Å²) < 4.78 is 68.6. The molecule has 0 heterocycles. The number of halogens is 5. The monoisotopic (exact) mass is 286 g/mol. The minimum Gasteiger partial charge on any atom is -0.484 e. The summed E-state index contributed by atoms with van der Waals surface area (Å²) in [5, 5.41) is 17.7. The maximum atomic E-state index is 13.1. The molecule has 1 aromatic rings. The molecule has 0 radical (unpaired) electrons. The first-order valence-corrected chi connectivity index (χ1v) is 4.69. The number of benzene rings is 1. The Morgan fingerprint density at radius 2 is 1.42 bits per heavy atom. The quantitative estimate of drug-likeness (QED) is 0.501. The highest BCUT2D eigenvalue weighted by Gasteiger charge is 2.33. The van der Waals surface area contributed by atoms with Gasteiger partial charge in [-0.3, -0.25) is 0 Å². The van der Waals surface area contributed by atoms with Crippen molar-refractivity contribution in [2.24, 2.45) is 0 Å². The number of aliphatic carboxylic acids is 1. The first kappa shape index (κ1) is 15.2. The molecular formula is C10H7F5O4. The second kappa shape index (κ2) is 5.00. The molecule has 0 aliphatic rings. The Balaban J connectivity index is 3.13. The number of carboxylic acid groups (broad SMARTS) is 1. The van der Waals surface area contributed by atoms with Gasteiger partial charge in [-0.1, -0.05) is 0 Å². The van der Waals surface area contributed by atoms with E-state index < -0.39 is 53.0 Å². The number of carbonyl (C=O) groups is 1. The molecular weight excluding hydrogens is 279 g/mol. The number of rotatable bonds is 4. The van der Waals surface area contributed by atoms with Crippen LogP contribution in [-0.2, 0) is 4.79 Å². The highest BCUT2D eigenvalue weighted by molar-refractivity contribution is 5.76. The van der Waals surface area contributed by atoms with Crippen LogP contribution in [0.15, 0.2) is 0 Å². The van der Waals surface area contributed by atoms with Crippen LogP contribution in [0.3, 0.4) is 0 Å². The van der Waals surface area contributed by atoms with Crippen LogP contribution < -0.4 is 4.74 Å². The summed E-state index contributed by atoms with van der Waals surface area (Å²) in [6, 6.07) is 0. The van der Waals surface area contributed by atoms with Gasteiger partial charge in [-0.25, -0.2) is 18.0 Å². The summed E-state index contributed by atoms with van der Waals surface area (Å²) in [5.41, 5.74) is -2.56. The Morgan fingerprint density at radius 3 is 1.79 bits per heavy atom. The van der Waals surface area contributed by atoms with Crippen LogP contribution in [0.2, 0.25) is 0 Å². The summed E-state index contributed by atoms with van der Waals surface area (Å²) in [5.74, 6) is -14.8. The molecule has 0 aromatic heterocycles. The minimum atomic E-state index is -2.56. The first-order valence-electron chi connectivity index (χ1n) is 4.69. The van der Waals surface area contributed by atoms with Gasteiger partial charge in [-0.05, 0) is 6.92 Å². The van der Waals surface area contributed by atoms with E-state index >= 15 is 0 Å². The Labute approximate surface area is 103 Å². The molecule has 1 atom stereocenters. The van der Waals surface area contributed by atoms with Crippen LogP contribution in [0, 0.1) is 29.1 Å². The average Bonchev–Trinajstić information content (AvgIpc) is 2.33. The van der Waals surface area contributed by atoms with Crippen LogP contribution >= 0.6 is 0 Å². The largest absolute Gasteiger partial charge is 0.484 e. The molecule has 106 valence electrons. The highest BCUT2D eigenvalue weighted by atomic mass is 19.2. The second-order valence-electron chi connectivity index (χ2n) is 3.77. The molecule has 0 amide bonds. The maximum Gasteiger partial charge on any atom is 0.339 e. The van der Waals surface area contributed by atoms with E-state index in [0.29, 0.717) is 0 Å². The number of hydrogen-bond donors (Lipinski definition) is 2. The Morgan fingerprint density at radius 1 is 1.05 bits per heavy atom. The molecule has 0 aliphatic heterocycles. The van der Waals surface area contributed by atoms with Crippen molar-refractivity contribution in [2.45, 2.75) is 12.5 Å². The Bertz CT molecular complexity index is 500. The molecule has 0 fully saturated rings.